The van der Waals surface area contributed by atoms with Gasteiger partial charge in [0.15, 0.2) is 0 Å². The van der Waals surface area contributed by atoms with Crippen molar-refractivity contribution in [3.8, 4) is 11.5 Å². The van der Waals surface area contributed by atoms with Gasteiger partial charge in [0.2, 0.25) is 0 Å². The first-order chi connectivity index (χ1) is 12.5. The number of nitrogens with one attached hydrogen (secondary N) is 1. The predicted molar refractivity (Wildman–Crippen MR) is 97.6 cm³/mol. The molecular formula is C19H19NO5S. The van der Waals surface area contributed by atoms with E-state index >= 15 is 0 Å². The van der Waals surface area contributed by atoms with E-state index in [0.717, 1.165) is 23.3 Å². The molecule has 1 aliphatic heterocycles. The lowest BCUT2D eigenvalue weighted by molar-refractivity contribution is -0.114. The molecule has 0 spiro atoms. The predicted octanol–water partition coefficient (Wildman–Crippen LogP) is 2.54. The van der Waals surface area contributed by atoms with Gasteiger partial charge in [0.25, 0.3) is 15.9 Å². The molecule has 0 saturated heterocycles. The number of carbonyl (C=O) groups excluding carboxylic acids is 1. The number of ether oxygens (including phenoxy) is 2. The van der Waals surface area contributed by atoms with Crippen LogP contribution in [0.4, 0.5) is 0 Å². The second kappa shape index (κ2) is 7.61. The van der Waals surface area contributed by atoms with Gasteiger partial charge in [0.1, 0.15) is 11.5 Å². The van der Waals surface area contributed by atoms with Crippen LogP contribution >= 0.6 is 0 Å². The Hall–Kier alpha value is -2.80. The molecule has 1 aliphatic rings. The summed E-state index contributed by atoms with van der Waals surface area (Å²) in [6.07, 6.45) is 3.60. The Labute approximate surface area is 152 Å². The van der Waals surface area contributed by atoms with E-state index in [9.17, 15) is 13.2 Å². The van der Waals surface area contributed by atoms with Crippen LogP contribution in [0.1, 0.15) is 18.1 Å². The van der Waals surface area contributed by atoms with Gasteiger partial charge in [-0.25, -0.2) is 13.1 Å². The van der Waals surface area contributed by atoms with E-state index in [1.165, 1.54) is 18.2 Å². The third-order valence-electron chi connectivity index (χ3n) is 3.82. The summed E-state index contributed by atoms with van der Waals surface area (Å²) in [4.78, 5) is 12.0. The molecule has 0 aliphatic carbocycles. The van der Waals surface area contributed by atoms with Crippen LogP contribution in [0.3, 0.4) is 0 Å². The fraction of sp³-hybridized carbons (Fsp3) is 0.211. The smallest absolute Gasteiger partial charge is 0.264 e. The number of carbonyl (C=O) groups is 1. The molecule has 0 atom stereocenters. The first kappa shape index (κ1) is 18.0. The van der Waals surface area contributed by atoms with Gasteiger partial charge in [-0.05, 0) is 60.5 Å². The van der Waals surface area contributed by atoms with E-state index in [2.05, 4.69) is 0 Å². The van der Waals surface area contributed by atoms with E-state index in [1.807, 2.05) is 29.8 Å². The lowest BCUT2D eigenvalue weighted by atomic mass is 10.1. The maximum Gasteiger partial charge on any atom is 0.264 e. The zero-order valence-corrected chi connectivity index (χ0v) is 15.1. The maximum absolute atomic E-state index is 12.3. The van der Waals surface area contributed by atoms with E-state index < -0.39 is 15.9 Å². The summed E-state index contributed by atoms with van der Waals surface area (Å²) in [5.74, 6) is 0.707. The topological polar surface area (TPSA) is 81.7 Å². The summed E-state index contributed by atoms with van der Waals surface area (Å²) in [7, 11) is -3.93. The molecule has 0 fully saturated rings. The Morgan fingerprint density at radius 2 is 2.00 bits per heavy atom. The van der Waals surface area contributed by atoms with Crippen LogP contribution in [-0.2, 0) is 21.2 Å². The van der Waals surface area contributed by atoms with Crippen molar-refractivity contribution in [3.05, 3.63) is 59.7 Å². The van der Waals surface area contributed by atoms with Crippen molar-refractivity contribution in [2.45, 2.75) is 18.2 Å². The zero-order valence-electron chi connectivity index (χ0n) is 14.3. The number of fused-ring (bicyclic) bond motifs is 1. The van der Waals surface area contributed by atoms with Crippen molar-refractivity contribution in [1.29, 1.82) is 0 Å². The molecule has 0 saturated carbocycles. The summed E-state index contributed by atoms with van der Waals surface area (Å²) in [5.41, 5.74) is 1.89. The standard InChI is InChI=1S/C19H19NO5S/c1-2-24-16-5-7-17(8-6-16)26(22,23)20-19(21)10-4-14-3-9-18-15(13-14)11-12-25-18/h3-10,13H,2,11-12H2,1H3,(H,20,21). The van der Waals surface area contributed by atoms with Crippen LogP contribution in [0.5, 0.6) is 11.5 Å². The van der Waals surface area contributed by atoms with E-state index in [1.54, 1.807) is 18.2 Å². The minimum Gasteiger partial charge on any atom is -0.494 e. The van der Waals surface area contributed by atoms with Crippen molar-refractivity contribution in [1.82, 2.24) is 4.72 Å². The fourth-order valence-corrected chi connectivity index (χ4v) is 3.53. The highest BCUT2D eigenvalue weighted by atomic mass is 32.2. The van der Waals surface area contributed by atoms with Gasteiger partial charge in [-0.15, -0.1) is 0 Å². The molecule has 1 heterocycles. The summed E-state index contributed by atoms with van der Waals surface area (Å²) < 4.78 is 37.2. The minimum atomic E-state index is -3.93. The van der Waals surface area contributed by atoms with E-state index in [-0.39, 0.29) is 4.90 Å². The van der Waals surface area contributed by atoms with Gasteiger partial charge in [0.05, 0.1) is 18.1 Å². The number of benzene rings is 2. The zero-order chi connectivity index (χ0) is 18.6. The Kier molecular flexibility index (Phi) is 5.27. The van der Waals surface area contributed by atoms with E-state index in [4.69, 9.17) is 9.47 Å². The average Bonchev–Trinajstić information content (AvgIpc) is 3.08. The van der Waals surface area contributed by atoms with Crippen molar-refractivity contribution in [2.24, 2.45) is 0 Å². The van der Waals surface area contributed by atoms with Gasteiger partial charge in [-0.3, -0.25) is 4.79 Å². The first-order valence-corrected chi connectivity index (χ1v) is 9.70. The SMILES string of the molecule is CCOc1ccc(S(=O)(=O)NC(=O)C=Cc2ccc3c(c2)CCO3)cc1. The molecule has 0 aromatic heterocycles. The third kappa shape index (κ3) is 4.23. The van der Waals surface area contributed by atoms with E-state index in [0.29, 0.717) is 19.0 Å². The average molecular weight is 373 g/mol. The number of sulfonamides is 1. The van der Waals surface area contributed by atoms with Gasteiger partial charge >= 0.3 is 0 Å². The first-order valence-electron chi connectivity index (χ1n) is 8.21. The molecule has 0 unspecified atom stereocenters. The van der Waals surface area contributed by atoms with Gasteiger partial charge in [-0.2, -0.15) is 0 Å². The molecule has 0 bridgehead atoms. The van der Waals surface area contributed by atoms with Crippen LogP contribution in [0, 0.1) is 0 Å². The Morgan fingerprint density at radius 3 is 2.73 bits per heavy atom. The largest absolute Gasteiger partial charge is 0.494 e. The second-order valence-corrected chi connectivity index (χ2v) is 7.36. The summed E-state index contributed by atoms with van der Waals surface area (Å²) in [5, 5.41) is 0. The summed E-state index contributed by atoms with van der Waals surface area (Å²) >= 11 is 0. The highest BCUT2D eigenvalue weighted by molar-refractivity contribution is 7.90. The number of hydrogen-bond donors (Lipinski definition) is 1. The molecule has 6 nitrogen and oxygen atoms in total. The molecule has 136 valence electrons. The highest BCUT2D eigenvalue weighted by Crippen LogP contribution is 2.26. The van der Waals surface area contributed by atoms with Crippen LogP contribution in [0.15, 0.2) is 53.4 Å². The molecule has 2 aromatic rings. The lowest BCUT2D eigenvalue weighted by Gasteiger charge is -2.07. The Balaban J connectivity index is 1.66. The molecule has 7 heteroatoms. The van der Waals surface area contributed by atoms with Crippen molar-refractivity contribution in [2.75, 3.05) is 13.2 Å². The molecule has 26 heavy (non-hydrogen) atoms. The fourth-order valence-electron chi connectivity index (χ4n) is 2.59. The number of amides is 1. The molecule has 3 rings (SSSR count). The maximum atomic E-state index is 12.3. The summed E-state index contributed by atoms with van der Waals surface area (Å²) in [6, 6.07) is 11.5. The molecular weight excluding hydrogens is 354 g/mol. The Bertz CT molecular complexity index is 933. The summed E-state index contributed by atoms with van der Waals surface area (Å²) in [6.45, 7) is 2.98. The quantitative estimate of drug-likeness (QED) is 0.787. The third-order valence-corrected chi connectivity index (χ3v) is 5.18. The molecule has 1 N–H and O–H groups in total. The molecule has 2 aromatic carbocycles. The monoisotopic (exact) mass is 373 g/mol. The van der Waals surface area contributed by atoms with Crippen LogP contribution in [-0.4, -0.2) is 27.5 Å². The van der Waals surface area contributed by atoms with Crippen molar-refractivity contribution >= 4 is 22.0 Å². The lowest BCUT2D eigenvalue weighted by Crippen LogP contribution is -2.28. The van der Waals surface area contributed by atoms with Gasteiger partial charge in [0, 0.05) is 12.5 Å². The molecule has 0 radical (unpaired) electrons. The van der Waals surface area contributed by atoms with Gasteiger partial charge < -0.3 is 9.47 Å². The molecule has 1 amide bonds. The van der Waals surface area contributed by atoms with Crippen molar-refractivity contribution < 1.29 is 22.7 Å². The second-order valence-electron chi connectivity index (χ2n) is 5.67. The van der Waals surface area contributed by atoms with Crippen LogP contribution in [0.25, 0.3) is 6.08 Å². The van der Waals surface area contributed by atoms with Crippen LogP contribution < -0.4 is 14.2 Å². The number of rotatable bonds is 6. The minimum absolute atomic E-state index is 0.00242. The number of hydrogen-bond acceptors (Lipinski definition) is 5. The van der Waals surface area contributed by atoms with Gasteiger partial charge in [-0.1, -0.05) is 6.07 Å². The Morgan fingerprint density at radius 1 is 1.23 bits per heavy atom. The van der Waals surface area contributed by atoms with Crippen LogP contribution in [0.2, 0.25) is 0 Å². The normalized spacial score (nSPS) is 13.3. The highest BCUT2D eigenvalue weighted by Gasteiger charge is 2.16. The van der Waals surface area contributed by atoms with Crippen molar-refractivity contribution in [3.63, 3.8) is 0 Å².